The molecule has 0 saturated heterocycles. The van der Waals surface area contributed by atoms with E-state index in [0.29, 0.717) is 25.0 Å². The Kier molecular flexibility index (Phi) is 54.8. The van der Waals surface area contributed by atoms with Gasteiger partial charge < -0.3 is 113 Å². The molecule has 0 fully saturated rings. The van der Waals surface area contributed by atoms with Crippen LogP contribution in [-0.4, -0.2) is 183 Å². The summed E-state index contributed by atoms with van der Waals surface area (Å²) >= 11 is 0. The van der Waals surface area contributed by atoms with Crippen molar-refractivity contribution in [1.29, 1.82) is 0 Å². The summed E-state index contributed by atoms with van der Waals surface area (Å²) in [5.74, 6) is -5.85. The van der Waals surface area contributed by atoms with E-state index in [4.69, 9.17) is 97.6 Å². The summed E-state index contributed by atoms with van der Waals surface area (Å²) in [6.07, 6.45) is -0.552. The van der Waals surface area contributed by atoms with Gasteiger partial charge in [-0.3, -0.25) is 38.4 Å². The maximum absolute atomic E-state index is 11.7. The fourth-order valence-corrected chi connectivity index (χ4v) is 5.31. The van der Waals surface area contributed by atoms with Crippen LogP contribution in [0.15, 0.2) is 48.5 Å². The number of carboxylic acids is 4. The van der Waals surface area contributed by atoms with Crippen LogP contribution in [0.4, 0.5) is 0 Å². The zero-order valence-corrected chi connectivity index (χ0v) is 51.6. The molecular formula is C56H107N11O18. The SMILES string of the molecule is CC(CC(=O)O)NC(=O)C(N)C(C)O.CC(N)C(C)O.CC(N)CC(=O)O.CC(N)CC(N)=O.CC(N)CCC(=O)O.CC(N)Cc1ccc(O)cc1.CC(O)C(C)NC(=O)C(N)Cc1ccc(O)cc1.CCC(N)C(=O)CC(C(=O)O)C(C)O. The Bertz CT molecular complexity index is 2090. The maximum Gasteiger partial charge on any atom is 0.309 e. The Balaban J connectivity index is -0.000000216. The number of nitrogens with one attached hydrogen (secondary N) is 2. The predicted molar refractivity (Wildman–Crippen MR) is 324 cm³/mol. The van der Waals surface area contributed by atoms with Gasteiger partial charge in [0.05, 0.1) is 61.3 Å². The van der Waals surface area contributed by atoms with Crippen molar-refractivity contribution < 1.29 is 89.4 Å². The number of rotatable bonds is 26. The van der Waals surface area contributed by atoms with Gasteiger partial charge in [-0.1, -0.05) is 31.2 Å². The summed E-state index contributed by atoms with van der Waals surface area (Å²) in [5, 5.41) is 92.2. The molecule has 2 rings (SSSR count). The minimum atomic E-state index is -1.17. The Labute approximate surface area is 500 Å². The molecule has 15 atom stereocenters. The van der Waals surface area contributed by atoms with Gasteiger partial charge in [0.1, 0.15) is 23.3 Å². The van der Waals surface area contributed by atoms with Crippen LogP contribution in [0.25, 0.3) is 0 Å². The molecular weight excluding hydrogens is 1110 g/mol. The molecule has 0 aliphatic heterocycles. The van der Waals surface area contributed by atoms with Gasteiger partial charge in [-0.25, -0.2) is 0 Å². The molecule has 0 bridgehead atoms. The van der Waals surface area contributed by atoms with Crippen molar-refractivity contribution in [1.82, 2.24) is 10.6 Å². The number of hydrogen-bond acceptors (Lipinski definition) is 22. The summed E-state index contributed by atoms with van der Waals surface area (Å²) in [5.41, 5.74) is 49.7. The summed E-state index contributed by atoms with van der Waals surface area (Å²) in [6.45, 7) is 20.0. The van der Waals surface area contributed by atoms with E-state index in [1.54, 1.807) is 98.7 Å². The van der Waals surface area contributed by atoms with Gasteiger partial charge in [-0.05, 0) is 137 Å². The normalized spacial score (nSPS) is 15.5. The zero-order valence-electron chi connectivity index (χ0n) is 51.6. The predicted octanol–water partition coefficient (Wildman–Crippen LogP) is -1.20. The highest BCUT2D eigenvalue weighted by atomic mass is 16.4. The fourth-order valence-electron chi connectivity index (χ4n) is 5.31. The Hall–Kier alpha value is -6.48. The maximum atomic E-state index is 11.7. The van der Waals surface area contributed by atoms with Crippen LogP contribution in [0, 0.1) is 5.92 Å². The van der Waals surface area contributed by atoms with Crippen LogP contribution >= 0.6 is 0 Å². The van der Waals surface area contributed by atoms with Gasteiger partial charge in [0.25, 0.3) is 0 Å². The lowest BCUT2D eigenvalue weighted by Gasteiger charge is -2.19. The molecule has 0 aromatic heterocycles. The first-order chi connectivity index (χ1) is 38.8. The number of phenolic OH excluding ortho intramolecular Hbond substituents is 2. The second-order valence-electron chi connectivity index (χ2n) is 20.7. The molecule has 0 saturated carbocycles. The number of benzene rings is 2. The summed E-state index contributed by atoms with van der Waals surface area (Å²) in [7, 11) is 0. The number of aromatic hydroxyl groups is 2. The second-order valence-corrected chi connectivity index (χ2v) is 20.7. The lowest BCUT2D eigenvalue weighted by Crippen LogP contribution is -2.49. The molecule has 15 unspecified atom stereocenters. The van der Waals surface area contributed by atoms with Gasteiger partial charge in [-0.15, -0.1) is 0 Å². The van der Waals surface area contributed by atoms with E-state index >= 15 is 0 Å². The van der Waals surface area contributed by atoms with E-state index < -0.39 is 78.2 Å². The standard InChI is InChI=1S/C13H20N2O3.C9H17NO4.C9H13NO.C8H16N2O4.C5H11NO2.C4H10N2O.C4H9NO2.C4H11NO/c1-8(9(2)16)15-13(18)12(14)7-10-3-5-11(17)6-4-10;1-3-7(10)8(12)4-6(5(2)11)9(13)14;1-7(10)6-8-2-4-9(11)5-3-8;1-4(3-6(12)13)10-8(14)7(9)5(2)11;1-4(6)2-3-5(7)8;2*1-3(5)2-4(6)7;1-3(5)4(2)6/h3-6,8-9,12,16-17H,7,14H2,1-2H3,(H,15,18);5-7,11H,3-4,10H2,1-2H3,(H,13,14);2-5,7,11H,6,10H2,1H3;4-5,7,11H,3,9H2,1-2H3,(H,10,14)(H,12,13);4H,2-3,6H2,1H3,(H,7,8);3H,2,5H2,1H3,(H2,6,7);3H,2,5H2,1H3,(H,6,7);3-4,6H,5H2,1-2H3. The Morgan fingerprint density at radius 2 is 0.882 bits per heavy atom. The summed E-state index contributed by atoms with van der Waals surface area (Å²) < 4.78 is 0. The molecule has 0 spiro atoms. The minimum absolute atomic E-state index is 0.00565. The molecule has 0 aliphatic rings. The number of carbonyl (C=O) groups is 8. The molecule has 2 aromatic rings. The molecule has 494 valence electrons. The number of Topliss-reactive ketones (excluding diaryl/α,β-unsaturated/α-hetero) is 1. The zero-order chi connectivity index (χ0) is 68.0. The first-order valence-electron chi connectivity index (χ1n) is 27.5. The molecule has 30 N–H and O–H groups in total. The highest BCUT2D eigenvalue weighted by molar-refractivity contribution is 5.88. The Morgan fingerprint density at radius 1 is 0.471 bits per heavy atom. The van der Waals surface area contributed by atoms with Crippen molar-refractivity contribution in [3.63, 3.8) is 0 Å². The van der Waals surface area contributed by atoms with Crippen LogP contribution in [0.1, 0.15) is 139 Å². The Morgan fingerprint density at radius 3 is 1.13 bits per heavy atom. The number of carboxylic acid groups (broad SMARTS) is 4. The van der Waals surface area contributed by atoms with E-state index in [1.807, 2.05) is 19.1 Å². The molecule has 85 heavy (non-hydrogen) atoms. The van der Waals surface area contributed by atoms with Crippen LogP contribution in [0.2, 0.25) is 0 Å². The summed E-state index contributed by atoms with van der Waals surface area (Å²) in [4.78, 5) is 84.6. The van der Waals surface area contributed by atoms with Crippen LogP contribution in [0.3, 0.4) is 0 Å². The molecule has 29 nitrogen and oxygen atoms in total. The lowest BCUT2D eigenvalue weighted by atomic mass is 9.94. The lowest BCUT2D eigenvalue weighted by molar-refractivity contribution is -0.147. The molecule has 0 heterocycles. The van der Waals surface area contributed by atoms with Crippen molar-refractivity contribution >= 4 is 47.4 Å². The number of carbonyl (C=O) groups excluding carboxylic acids is 4. The minimum Gasteiger partial charge on any atom is -0.508 e. The first kappa shape index (κ1) is 89.7. The number of aliphatic carboxylic acids is 4. The molecule has 0 aliphatic carbocycles. The highest BCUT2D eigenvalue weighted by Crippen LogP contribution is 2.13. The van der Waals surface area contributed by atoms with Crippen LogP contribution < -0.4 is 62.2 Å². The third kappa shape index (κ3) is 61.9. The van der Waals surface area contributed by atoms with Crippen LogP contribution in [-0.2, 0) is 51.2 Å². The number of amides is 3. The average Bonchev–Trinajstić information content (AvgIpc) is 3.37. The number of primary amides is 1. The van der Waals surface area contributed by atoms with Crippen molar-refractivity contribution in [3.8, 4) is 11.5 Å². The molecule has 3 amide bonds. The average molecular weight is 1220 g/mol. The molecule has 0 radical (unpaired) electrons. The largest absolute Gasteiger partial charge is 0.508 e. The number of aliphatic hydroxyl groups excluding tert-OH is 4. The van der Waals surface area contributed by atoms with Crippen LogP contribution in [0.5, 0.6) is 11.5 Å². The topological polar surface area (TPSA) is 597 Å². The number of nitrogens with two attached hydrogens (primary N) is 9. The highest BCUT2D eigenvalue weighted by Gasteiger charge is 2.28. The van der Waals surface area contributed by atoms with Gasteiger partial charge in [0.15, 0.2) is 0 Å². The smallest absolute Gasteiger partial charge is 0.309 e. The number of aliphatic hydroxyl groups is 4. The number of hydrogen-bond donors (Lipinski definition) is 21. The van der Waals surface area contributed by atoms with Gasteiger partial charge in [0.2, 0.25) is 17.7 Å². The van der Waals surface area contributed by atoms with Gasteiger partial charge in [0, 0.05) is 55.5 Å². The first-order valence-corrected chi connectivity index (χ1v) is 27.5. The van der Waals surface area contributed by atoms with E-state index in [1.165, 1.54) is 13.8 Å². The number of ketones is 1. The van der Waals surface area contributed by atoms with Gasteiger partial charge >= 0.3 is 23.9 Å². The third-order valence-corrected chi connectivity index (χ3v) is 10.8. The van der Waals surface area contributed by atoms with Crippen molar-refractivity contribution in [2.45, 2.75) is 226 Å². The molecule has 2 aromatic carbocycles. The second kappa shape index (κ2) is 51.9. The van der Waals surface area contributed by atoms with E-state index in [-0.39, 0.29) is 97.8 Å². The quantitative estimate of drug-likeness (QED) is 0.0526. The van der Waals surface area contributed by atoms with E-state index in [0.717, 1.165) is 17.5 Å². The van der Waals surface area contributed by atoms with Crippen molar-refractivity contribution in [2.24, 2.45) is 57.5 Å². The molecule has 29 heteroatoms. The summed E-state index contributed by atoms with van der Waals surface area (Å²) in [6, 6.07) is 10.3. The third-order valence-electron chi connectivity index (χ3n) is 10.8. The van der Waals surface area contributed by atoms with E-state index in [9.17, 15) is 43.5 Å². The fraction of sp³-hybridized carbons (Fsp3) is 0.643. The number of phenols is 2. The van der Waals surface area contributed by atoms with Crippen molar-refractivity contribution in [2.75, 3.05) is 0 Å². The van der Waals surface area contributed by atoms with E-state index in [2.05, 4.69) is 10.6 Å². The van der Waals surface area contributed by atoms with Gasteiger partial charge in [-0.2, -0.15) is 0 Å². The van der Waals surface area contributed by atoms with Crippen molar-refractivity contribution in [3.05, 3.63) is 59.7 Å². The monoisotopic (exact) mass is 1220 g/mol.